The molecule has 0 amide bonds. The molecule has 0 bridgehead atoms. The molecule has 104 valence electrons. The van der Waals surface area contributed by atoms with Gasteiger partial charge in [0.25, 0.3) is 0 Å². The first kappa shape index (κ1) is 13.7. The zero-order valence-corrected chi connectivity index (χ0v) is 11.4. The monoisotopic (exact) mass is 304 g/mol. The molecule has 21 heavy (non-hydrogen) atoms. The molecule has 3 rings (SSSR count). The normalized spacial score (nSPS) is 11.9. The molecule has 3 aromatic rings. The molecule has 0 atom stereocenters. The van der Waals surface area contributed by atoms with E-state index in [0.717, 1.165) is 0 Å². The van der Waals surface area contributed by atoms with Gasteiger partial charge in [-0.3, -0.25) is 8.63 Å². The van der Waals surface area contributed by atoms with Crippen molar-refractivity contribution in [3.8, 4) is 0 Å². The Kier molecular flexibility index (Phi) is 3.66. The lowest BCUT2D eigenvalue weighted by Gasteiger charge is -2.07. The number of aromatic nitrogens is 3. The molecule has 0 radical (unpaired) electrons. The van der Waals surface area contributed by atoms with E-state index in [1.807, 2.05) is 0 Å². The zero-order valence-electron chi connectivity index (χ0n) is 10.6. The second-order valence-electron chi connectivity index (χ2n) is 4.18. The van der Waals surface area contributed by atoms with Crippen molar-refractivity contribution in [3.05, 3.63) is 59.3 Å². The Hall–Kier alpha value is -2.28. The van der Waals surface area contributed by atoms with Gasteiger partial charge in [-0.1, -0.05) is 41.9 Å². The van der Waals surface area contributed by atoms with Gasteiger partial charge in [0.1, 0.15) is 0 Å². The second kappa shape index (κ2) is 5.61. The maximum absolute atomic E-state index is 13.2. The summed E-state index contributed by atoms with van der Waals surface area (Å²) in [5.41, 5.74) is 0.0173. The van der Waals surface area contributed by atoms with Gasteiger partial charge in [0.05, 0.1) is 0 Å². The number of nitrogens with zero attached hydrogens (tertiary/aromatic N) is 4. The van der Waals surface area contributed by atoms with E-state index < -0.39 is 7.40 Å². The van der Waals surface area contributed by atoms with Crippen LogP contribution in [0.4, 0.5) is 14.4 Å². The summed E-state index contributed by atoms with van der Waals surface area (Å²) in [7, 11) is -2.85. The predicted molar refractivity (Wildman–Crippen MR) is 77.6 cm³/mol. The van der Waals surface area contributed by atoms with Gasteiger partial charge in [-0.15, -0.1) is 0 Å². The first-order valence-electron chi connectivity index (χ1n) is 6.08. The standard InChI is InChI=1S/C13H8BClF2N4/c15-12-9-5-1-2-6-10(9)13(21(20-12)14(16)17)19-11-7-3-4-8-18-11/h1-8H/b19-13+. The molecule has 0 saturated carbocycles. The van der Waals surface area contributed by atoms with E-state index >= 15 is 0 Å². The van der Waals surface area contributed by atoms with Crippen LogP contribution >= 0.6 is 11.6 Å². The highest BCUT2D eigenvalue weighted by molar-refractivity contribution is 6.41. The van der Waals surface area contributed by atoms with Crippen LogP contribution in [-0.2, 0) is 0 Å². The highest BCUT2D eigenvalue weighted by Crippen LogP contribution is 2.18. The molecule has 0 N–H and O–H groups in total. The van der Waals surface area contributed by atoms with Crippen LogP contribution < -0.4 is 5.49 Å². The molecule has 0 fully saturated rings. The Balaban J connectivity index is 2.41. The fourth-order valence-corrected chi connectivity index (χ4v) is 2.20. The highest BCUT2D eigenvalue weighted by atomic mass is 35.5. The Labute approximate surface area is 123 Å². The number of fused-ring (bicyclic) bond motifs is 1. The topological polar surface area (TPSA) is 43.1 Å². The lowest BCUT2D eigenvalue weighted by molar-refractivity contribution is 0.593. The van der Waals surface area contributed by atoms with E-state index in [9.17, 15) is 8.63 Å². The molecule has 0 aliphatic heterocycles. The van der Waals surface area contributed by atoms with Crippen molar-refractivity contribution in [1.29, 1.82) is 0 Å². The molecule has 0 spiro atoms. The van der Waals surface area contributed by atoms with E-state index in [2.05, 4.69) is 15.1 Å². The van der Waals surface area contributed by atoms with Gasteiger partial charge in [-0.25, -0.2) is 14.6 Å². The van der Waals surface area contributed by atoms with E-state index in [1.165, 1.54) is 6.20 Å². The van der Waals surface area contributed by atoms with Crippen LogP contribution in [0.3, 0.4) is 0 Å². The average molecular weight is 304 g/mol. The van der Waals surface area contributed by atoms with Crippen molar-refractivity contribution in [2.24, 2.45) is 4.99 Å². The Bertz CT molecular complexity index is 852. The summed E-state index contributed by atoms with van der Waals surface area (Å²) in [6.07, 6.45) is 1.54. The molecule has 0 aliphatic carbocycles. The van der Waals surface area contributed by atoms with Crippen LogP contribution in [0.25, 0.3) is 10.8 Å². The number of halogens is 3. The number of rotatable bonds is 2. The van der Waals surface area contributed by atoms with Crippen molar-refractivity contribution in [2.45, 2.75) is 0 Å². The number of hydrogen-bond acceptors (Lipinski definition) is 3. The van der Waals surface area contributed by atoms with Crippen molar-refractivity contribution in [1.82, 2.24) is 14.7 Å². The number of benzene rings is 1. The van der Waals surface area contributed by atoms with Gasteiger partial charge in [-0.2, -0.15) is 5.10 Å². The molecule has 0 unspecified atom stereocenters. The molecule has 8 heteroatoms. The third-order valence-electron chi connectivity index (χ3n) is 2.86. The second-order valence-corrected chi connectivity index (χ2v) is 4.54. The van der Waals surface area contributed by atoms with E-state index in [4.69, 9.17) is 11.6 Å². The summed E-state index contributed by atoms with van der Waals surface area (Å²) in [4.78, 5) is 8.20. The van der Waals surface area contributed by atoms with Crippen molar-refractivity contribution >= 4 is 35.6 Å². The minimum absolute atomic E-state index is 0.00544. The first-order valence-corrected chi connectivity index (χ1v) is 6.45. The van der Waals surface area contributed by atoms with Crippen molar-refractivity contribution < 1.29 is 8.63 Å². The Morgan fingerprint density at radius 3 is 2.43 bits per heavy atom. The third kappa shape index (κ3) is 2.64. The third-order valence-corrected chi connectivity index (χ3v) is 3.14. The summed E-state index contributed by atoms with van der Waals surface area (Å²) in [6, 6.07) is 11.9. The summed E-state index contributed by atoms with van der Waals surface area (Å²) in [6.45, 7) is 0. The van der Waals surface area contributed by atoms with Crippen LogP contribution in [0.15, 0.2) is 53.7 Å². The Morgan fingerprint density at radius 1 is 1.05 bits per heavy atom. The summed E-state index contributed by atoms with van der Waals surface area (Å²) < 4.78 is 26.9. The lowest BCUT2D eigenvalue weighted by Crippen LogP contribution is -2.32. The van der Waals surface area contributed by atoms with Gasteiger partial charge in [0.2, 0.25) is 0 Å². The van der Waals surface area contributed by atoms with Crippen LogP contribution in [0, 0.1) is 0 Å². The molecular weight excluding hydrogens is 296 g/mol. The molecule has 2 aromatic heterocycles. The van der Waals surface area contributed by atoms with Crippen molar-refractivity contribution in [2.75, 3.05) is 0 Å². The maximum Gasteiger partial charge on any atom is 0.696 e. The fourth-order valence-electron chi connectivity index (χ4n) is 1.95. The van der Waals surface area contributed by atoms with Gasteiger partial charge < -0.3 is 0 Å². The fraction of sp³-hybridized carbons (Fsp3) is 0. The highest BCUT2D eigenvalue weighted by Gasteiger charge is 2.21. The van der Waals surface area contributed by atoms with Gasteiger partial charge in [0, 0.05) is 17.0 Å². The van der Waals surface area contributed by atoms with Gasteiger partial charge in [-0.05, 0) is 12.1 Å². The molecule has 0 aliphatic rings. The smallest absolute Gasteiger partial charge is 0.263 e. The largest absolute Gasteiger partial charge is 0.696 e. The van der Waals surface area contributed by atoms with Gasteiger partial charge >= 0.3 is 7.40 Å². The maximum atomic E-state index is 13.2. The first-order chi connectivity index (χ1) is 10.2. The molecule has 0 saturated heterocycles. The van der Waals surface area contributed by atoms with E-state index in [-0.39, 0.29) is 10.6 Å². The molecule has 4 nitrogen and oxygen atoms in total. The number of hydrogen-bond donors (Lipinski definition) is 0. The quantitative estimate of drug-likeness (QED) is 0.683. The minimum Gasteiger partial charge on any atom is -0.263 e. The van der Waals surface area contributed by atoms with Gasteiger partial charge in [0.15, 0.2) is 16.5 Å². The summed E-state index contributed by atoms with van der Waals surface area (Å²) in [5.74, 6) is 0.321. The SMILES string of the molecule is FB(F)n1nc(Cl)c2ccccc2/c1=N\c1ccccn1. The van der Waals surface area contributed by atoms with Crippen LogP contribution in [0.5, 0.6) is 0 Å². The van der Waals surface area contributed by atoms with Crippen LogP contribution in [0.2, 0.25) is 5.15 Å². The summed E-state index contributed by atoms with van der Waals surface area (Å²) in [5, 5.41) is 4.76. The predicted octanol–water partition coefficient (Wildman–Crippen LogP) is 3.09. The van der Waals surface area contributed by atoms with Crippen LogP contribution in [-0.4, -0.2) is 22.1 Å². The molecular formula is C13H8BClF2N4. The summed E-state index contributed by atoms with van der Waals surface area (Å²) >= 11 is 5.96. The average Bonchev–Trinajstić information content (AvgIpc) is 2.51. The van der Waals surface area contributed by atoms with Crippen molar-refractivity contribution in [3.63, 3.8) is 0 Å². The van der Waals surface area contributed by atoms with Crippen LogP contribution in [0.1, 0.15) is 0 Å². The minimum atomic E-state index is -2.85. The van der Waals surface area contributed by atoms with E-state index in [1.54, 1.807) is 42.5 Å². The van der Waals surface area contributed by atoms with E-state index in [0.29, 0.717) is 21.2 Å². The number of pyridine rings is 1. The lowest BCUT2D eigenvalue weighted by atomic mass is 10.1. The molecule has 1 aromatic carbocycles. The Morgan fingerprint density at radius 2 is 1.76 bits per heavy atom. The molecule has 2 heterocycles. The zero-order chi connectivity index (χ0) is 14.8.